The van der Waals surface area contributed by atoms with E-state index in [0.29, 0.717) is 22.3 Å². The lowest BCUT2D eigenvalue weighted by Gasteiger charge is -2.31. The Bertz CT molecular complexity index is 1730. The van der Waals surface area contributed by atoms with Gasteiger partial charge in [-0.3, -0.25) is 9.36 Å². The number of halogens is 2. The van der Waals surface area contributed by atoms with Gasteiger partial charge in [-0.2, -0.15) is 14.9 Å². The van der Waals surface area contributed by atoms with Crippen LogP contribution in [-0.4, -0.2) is 99.8 Å². The minimum atomic E-state index is -2.32. The zero-order valence-electron chi connectivity index (χ0n) is 31.1. The fourth-order valence-corrected chi connectivity index (χ4v) is 4.95. The van der Waals surface area contributed by atoms with Gasteiger partial charge in [0.2, 0.25) is 5.28 Å². The first kappa shape index (κ1) is 42.7. The number of benzene rings is 1. The van der Waals surface area contributed by atoms with Crippen molar-refractivity contribution in [1.29, 1.82) is 0 Å². The minimum absolute atomic E-state index is 0.0902. The Morgan fingerprint density at radius 3 is 1.94 bits per heavy atom. The lowest BCUT2D eigenvalue weighted by molar-refractivity contribution is -0.195. The molecule has 53 heavy (non-hydrogen) atoms. The molecule has 2 unspecified atom stereocenters. The number of rotatable bonds is 15. The molecule has 0 N–H and O–H groups in total. The van der Waals surface area contributed by atoms with Gasteiger partial charge in [0.1, 0.15) is 17.5 Å². The average molecular weight is 766 g/mol. The number of aromatic nitrogens is 4. The van der Waals surface area contributed by atoms with Crippen molar-refractivity contribution in [2.24, 2.45) is 0 Å². The maximum atomic E-state index is 16.2. The van der Waals surface area contributed by atoms with Crippen LogP contribution in [0.1, 0.15) is 84.0 Å². The van der Waals surface area contributed by atoms with Crippen LogP contribution in [0.15, 0.2) is 30.6 Å². The summed E-state index contributed by atoms with van der Waals surface area (Å²) in [6, 6.07) is 6.10. The number of fused-ring (bicyclic) bond motifs is 1. The van der Waals surface area contributed by atoms with Crippen LogP contribution in [0.3, 0.4) is 0 Å². The van der Waals surface area contributed by atoms with Crippen molar-refractivity contribution in [2.45, 2.75) is 97.4 Å². The van der Waals surface area contributed by atoms with Gasteiger partial charge in [0.25, 0.3) is 5.60 Å². The number of methoxy groups -OCH3 is 1. The van der Waals surface area contributed by atoms with Crippen LogP contribution in [0.2, 0.25) is 5.28 Å². The molecule has 2 heterocycles. The Morgan fingerprint density at radius 1 is 0.925 bits per heavy atom. The summed E-state index contributed by atoms with van der Waals surface area (Å²) in [5.41, 5.74) is -3.97. The Hall–Kier alpha value is -4.74. The summed E-state index contributed by atoms with van der Waals surface area (Å²) in [5.74, 6) is -2.50. The van der Waals surface area contributed by atoms with Crippen molar-refractivity contribution in [1.82, 2.24) is 19.5 Å². The predicted octanol–water partition coefficient (Wildman–Crippen LogP) is 5.97. The largest absolute Gasteiger partial charge is 0.463 e. The summed E-state index contributed by atoms with van der Waals surface area (Å²) >= 11 is 6.24. The number of amides is 2. The van der Waals surface area contributed by atoms with E-state index in [1.54, 1.807) is 67.5 Å². The molecule has 0 aliphatic rings. The van der Waals surface area contributed by atoms with Gasteiger partial charge in [-0.05, 0) is 72.6 Å². The first-order valence-corrected chi connectivity index (χ1v) is 17.0. The lowest BCUT2D eigenvalue weighted by atomic mass is 9.93. The van der Waals surface area contributed by atoms with Gasteiger partial charge < -0.3 is 28.4 Å². The molecule has 0 fully saturated rings. The summed E-state index contributed by atoms with van der Waals surface area (Å²) < 4.78 is 50.0. The summed E-state index contributed by atoms with van der Waals surface area (Å²) in [6.45, 7) is 12.0. The van der Waals surface area contributed by atoms with Gasteiger partial charge in [0.15, 0.2) is 23.3 Å². The van der Waals surface area contributed by atoms with Crippen molar-refractivity contribution in [3.8, 4) is 0 Å². The molecule has 16 nitrogen and oxygen atoms in total. The molecule has 290 valence electrons. The second kappa shape index (κ2) is 17.9. The summed E-state index contributed by atoms with van der Waals surface area (Å²) in [5, 5.41) is -0.458. The minimum Gasteiger partial charge on any atom is -0.463 e. The highest BCUT2D eigenvalue weighted by atomic mass is 35.5. The number of carbonyl (C=O) groups excluding carboxylic acids is 5. The zero-order valence-corrected chi connectivity index (χ0v) is 31.9. The molecule has 3 rings (SSSR count). The molecular formula is C35H45ClFN5O11. The molecule has 18 heteroatoms. The van der Waals surface area contributed by atoms with E-state index < -0.39 is 77.5 Å². The molecule has 3 aromatic rings. The smallest absolute Gasteiger partial charge is 0.425 e. The van der Waals surface area contributed by atoms with Crippen molar-refractivity contribution in [2.75, 3.05) is 31.8 Å². The predicted molar refractivity (Wildman–Crippen MR) is 188 cm³/mol. The standard InChI is InChI=1S/C35H45ClFN5O11/c1-10-49-28(44)35(29(45)50-11-2,17-21-12-14-22(18-43)15-13-21)51-19-23(48-9)16-24(37)41-20-38-25-26(41)39-30(36)40-27(25)42(31(46)52-33(3,4)5)32(47)53-34(6,7)8/h12-15,18,20,23-24H,10-11,16-17,19H2,1-9H3. The van der Waals surface area contributed by atoms with Crippen LogP contribution in [0, 0.1) is 0 Å². The maximum absolute atomic E-state index is 16.2. The fourth-order valence-electron chi connectivity index (χ4n) is 4.79. The average Bonchev–Trinajstić information content (AvgIpc) is 3.48. The van der Waals surface area contributed by atoms with Gasteiger partial charge in [0, 0.05) is 25.5 Å². The van der Waals surface area contributed by atoms with Crippen LogP contribution in [0.25, 0.3) is 11.2 Å². The van der Waals surface area contributed by atoms with Crippen molar-refractivity contribution in [3.63, 3.8) is 0 Å². The van der Waals surface area contributed by atoms with E-state index in [1.807, 2.05) is 0 Å². The molecule has 2 amide bonds. The monoisotopic (exact) mass is 765 g/mol. The Morgan fingerprint density at radius 2 is 1.47 bits per heavy atom. The second-order valence-electron chi connectivity index (χ2n) is 13.6. The number of aldehydes is 1. The molecule has 0 spiro atoms. The number of imide groups is 1. The van der Waals surface area contributed by atoms with Gasteiger partial charge in [-0.25, -0.2) is 28.6 Å². The summed E-state index contributed by atoms with van der Waals surface area (Å²) in [4.78, 5) is 77.5. The fraction of sp³-hybridized carbons (Fsp3) is 0.543. The van der Waals surface area contributed by atoms with E-state index in [0.717, 1.165) is 10.9 Å². The van der Waals surface area contributed by atoms with Crippen LogP contribution in [-0.2, 0) is 44.4 Å². The van der Waals surface area contributed by atoms with Crippen LogP contribution in [0.4, 0.5) is 19.8 Å². The summed E-state index contributed by atoms with van der Waals surface area (Å²) in [6.07, 6.45) is -4.45. The van der Waals surface area contributed by atoms with Gasteiger partial charge in [-0.15, -0.1) is 0 Å². The first-order chi connectivity index (χ1) is 24.8. The van der Waals surface area contributed by atoms with Crippen molar-refractivity contribution < 1.29 is 56.8 Å². The zero-order chi connectivity index (χ0) is 39.7. The molecule has 0 bridgehead atoms. The third-order valence-electron chi connectivity index (χ3n) is 7.13. The molecule has 0 saturated heterocycles. The number of alkyl halides is 1. The Balaban J connectivity index is 1.99. The Labute approximate surface area is 311 Å². The molecule has 0 saturated carbocycles. The highest BCUT2D eigenvalue weighted by Gasteiger charge is 2.51. The van der Waals surface area contributed by atoms with Crippen molar-refractivity contribution >= 4 is 59.0 Å². The molecular weight excluding hydrogens is 721 g/mol. The number of esters is 2. The summed E-state index contributed by atoms with van der Waals surface area (Å²) in [7, 11) is 1.28. The van der Waals surface area contributed by atoms with E-state index in [1.165, 1.54) is 19.2 Å². The molecule has 0 aliphatic heterocycles. The quantitative estimate of drug-likeness (QED) is 0.0579. The highest BCUT2D eigenvalue weighted by Crippen LogP contribution is 2.31. The van der Waals surface area contributed by atoms with Crippen LogP contribution < -0.4 is 4.90 Å². The number of ether oxygens (including phenoxy) is 6. The lowest BCUT2D eigenvalue weighted by Crippen LogP contribution is -2.54. The van der Waals surface area contributed by atoms with E-state index in [9.17, 15) is 24.0 Å². The second-order valence-corrected chi connectivity index (χ2v) is 13.9. The van der Waals surface area contributed by atoms with E-state index in [-0.39, 0.29) is 30.8 Å². The van der Waals surface area contributed by atoms with Crippen LogP contribution in [0.5, 0.6) is 0 Å². The number of nitrogens with zero attached hydrogens (tertiary/aromatic N) is 5. The first-order valence-electron chi connectivity index (χ1n) is 16.6. The van der Waals surface area contributed by atoms with Gasteiger partial charge >= 0.3 is 24.1 Å². The third-order valence-corrected chi connectivity index (χ3v) is 7.30. The number of carbonyl (C=O) groups is 5. The van der Waals surface area contributed by atoms with E-state index in [4.69, 9.17) is 40.0 Å². The third kappa shape index (κ3) is 11.1. The van der Waals surface area contributed by atoms with Crippen LogP contribution >= 0.6 is 11.6 Å². The highest BCUT2D eigenvalue weighted by molar-refractivity contribution is 6.29. The number of anilines is 1. The van der Waals surface area contributed by atoms with Gasteiger partial charge in [0.05, 0.1) is 32.3 Å². The molecule has 2 aromatic heterocycles. The Kier molecular flexibility index (Phi) is 14.4. The number of hydrogen-bond donors (Lipinski definition) is 0. The van der Waals surface area contributed by atoms with Crippen molar-refractivity contribution in [3.05, 3.63) is 47.0 Å². The normalized spacial score (nSPS) is 13.2. The maximum Gasteiger partial charge on any atom is 0.425 e. The molecule has 0 radical (unpaired) electrons. The van der Waals surface area contributed by atoms with E-state index >= 15 is 4.39 Å². The number of hydrogen-bond acceptors (Lipinski definition) is 14. The topological polar surface area (TPSA) is 188 Å². The number of imidazole rings is 1. The van der Waals surface area contributed by atoms with E-state index in [2.05, 4.69) is 15.0 Å². The SMILES string of the molecule is CCOC(=O)C(Cc1ccc(C=O)cc1)(OCC(CC(F)n1cnc2c(N(C(=O)OC(C)(C)C)C(=O)OC(C)(C)C)nc(Cl)nc21)OC)C(=O)OCC. The molecule has 1 aromatic carbocycles. The molecule has 2 atom stereocenters. The van der Waals surface area contributed by atoms with Gasteiger partial charge in [-0.1, -0.05) is 24.3 Å². The molecule has 0 aliphatic carbocycles.